The molecule has 0 saturated carbocycles. The van der Waals surface area contributed by atoms with Crippen LogP contribution in [-0.2, 0) is 10.5 Å². The lowest BCUT2D eigenvalue weighted by Gasteiger charge is -2.12. The van der Waals surface area contributed by atoms with E-state index in [0.717, 1.165) is 15.8 Å². The predicted octanol–water partition coefficient (Wildman–Crippen LogP) is 4.79. The summed E-state index contributed by atoms with van der Waals surface area (Å²) in [4.78, 5) is 12.2. The van der Waals surface area contributed by atoms with Crippen LogP contribution in [0.1, 0.15) is 18.1 Å². The van der Waals surface area contributed by atoms with Crippen molar-refractivity contribution in [3.05, 3.63) is 70.7 Å². The Morgan fingerprint density at radius 3 is 2.79 bits per heavy atom. The minimum absolute atomic E-state index is 0.144. The van der Waals surface area contributed by atoms with E-state index in [1.807, 2.05) is 43.3 Å². The van der Waals surface area contributed by atoms with Gasteiger partial charge in [0.25, 0.3) is 5.91 Å². The van der Waals surface area contributed by atoms with Crippen molar-refractivity contribution >= 4 is 39.8 Å². The van der Waals surface area contributed by atoms with Gasteiger partial charge in [-0.2, -0.15) is 5.10 Å². The van der Waals surface area contributed by atoms with Gasteiger partial charge in [0.2, 0.25) is 0 Å². The Balaban J connectivity index is 1.92. The molecular weight excluding hydrogens is 440 g/mol. The Kier molecular flexibility index (Phi) is 9.10. The van der Waals surface area contributed by atoms with Gasteiger partial charge in [-0.3, -0.25) is 4.79 Å². The first-order chi connectivity index (χ1) is 13.5. The summed E-state index contributed by atoms with van der Waals surface area (Å²) in [6.45, 7) is 5.87. The summed E-state index contributed by atoms with van der Waals surface area (Å²) >= 11 is 5.03. The number of nitrogens with zero attached hydrogens (tertiary/aromatic N) is 1. The van der Waals surface area contributed by atoms with Crippen molar-refractivity contribution in [2.75, 3.05) is 13.7 Å². The second kappa shape index (κ2) is 11.6. The fourth-order valence-electron chi connectivity index (χ4n) is 2.23. The Morgan fingerprint density at radius 2 is 2.11 bits per heavy atom. The maximum atomic E-state index is 12.2. The van der Waals surface area contributed by atoms with E-state index in [1.54, 1.807) is 37.2 Å². The highest BCUT2D eigenvalue weighted by Gasteiger charge is 2.13. The number of ether oxygens (including phenoxy) is 2. The van der Waals surface area contributed by atoms with Crippen LogP contribution in [-0.4, -0.2) is 31.1 Å². The lowest BCUT2D eigenvalue weighted by molar-refractivity contribution is -0.120. The van der Waals surface area contributed by atoms with Gasteiger partial charge in [0.15, 0.2) is 11.5 Å². The SMILES string of the molecule is C=CCOc1c(Br)cc(/C=N/NC(=O)C(C)SCc2ccccc2)cc1OC. The summed E-state index contributed by atoms with van der Waals surface area (Å²) in [5, 5.41) is 3.84. The molecular formula is C21H23BrN2O3S. The number of thioether (sulfide) groups is 1. The molecule has 148 valence electrons. The molecule has 0 aromatic heterocycles. The summed E-state index contributed by atoms with van der Waals surface area (Å²) < 4.78 is 11.7. The number of benzene rings is 2. The van der Waals surface area contributed by atoms with E-state index >= 15 is 0 Å². The van der Waals surface area contributed by atoms with Crippen LogP contribution in [0.5, 0.6) is 11.5 Å². The molecule has 2 aromatic rings. The first-order valence-corrected chi connectivity index (χ1v) is 10.5. The fourth-order valence-corrected chi connectivity index (χ4v) is 3.64. The maximum Gasteiger partial charge on any atom is 0.252 e. The molecule has 2 aromatic carbocycles. The average Bonchev–Trinajstić information content (AvgIpc) is 2.71. The zero-order valence-electron chi connectivity index (χ0n) is 15.9. The fraction of sp³-hybridized carbons (Fsp3) is 0.238. The topological polar surface area (TPSA) is 59.9 Å². The van der Waals surface area contributed by atoms with Crippen molar-refractivity contribution in [3.8, 4) is 11.5 Å². The number of hydrazone groups is 1. The molecule has 0 saturated heterocycles. The number of carbonyl (C=O) groups excluding carboxylic acids is 1. The molecule has 1 atom stereocenters. The van der Waals surface area contributed by atoms with E-state index in [2.05, 4.69) is 33.0 Å². The number of methoxy groups -OCH3 is 1. The largest absolute Gasteiger partial charge is 0.493 e. The summed E-state index contributed by atoms with van der Waals surface area (Å²) in [5.41, 5.74) is 4.53. The third-order valence-corrected chi connectivity index (χ3v) is 5.50. The molecule has 1 amide bonds. The molecule has 0 aliphatic heterocycles. The van der Waals surface area contributed by atoms with Crippen LogP contribution in [0.3, 0.4) is 0 Å². The molecule has 0 aliphatic carbocycles. The highest BCUT2D eigenvalue weighted by molar-refractivity contribution is 9.10. The monoisotopic (exact) mass is 462 g/mol. The third-order valence-electron chi connectivity index (χ3n) is 3.70. The minimum Gasteiger partial charge on any atom is -0.493 e. The number of rotatable bonds is 10. The second-order valence-electron chi connectivity index (χ2n) is 5.81. The average molecular weight is 463 g/mol. The Morgan fingerprint density at radius 1 is 1.36 bits per heavy atom. The van der Waals surface area contributed by atoms with Crippen molar-refractivity contribution < 1.29 is 14.3 Å². The van der Waals surface area contributed by atoms with Gasteiger partial charge in [0.05, 0.1) is 23.0 Å². The highest BCUT2D eigenvalue weighted by Crippen LogP contribution is 2.36. The van der Waals surface area contributed by atoms with Gasteiger partial charge in [0.1, 0.15) is 6.61 Å². The quantitative estimate of drug-likeness (QED) is 0.313. The minimum atomic E-state index is -0.215. The Hall–Kier alpha value is -2.25. The van der Waals surface area contributed by atoms with Crippen LogP contribution in [0.15, 0.2) is 64.7 Å². The van der Waals surface area contributed by atoms with Gasteiger partial charge in [-0.25, -0.2) is 5.43 Å². The first-order valence-electron chi connectivity index (χ1n) is 8.64. The molecule has 0 aliphatic rings. The van der Waals surface area contributed by atoms with Crippen molar-refractivity contribution in [2.45, 2.75) is 17.9 Å². The van der Waals surface area contributed by atoms with Crippen LogP contribution in [0.4, 0.5) is 0 Å². The van der Waals surface area contributed by atoms with E-state index in [1.165, 1.54) is 5.56 Å². The van der Waals surface area contributed by atoms with E-state index in [9.17, 15) is 4.79 Å². The first kappa shape index (κ1) is 22.0. The number of carbonyl (C=O) groups is 1. The zero-order chi connectivity index (χ0) is 20.4. The van der Waals surface area contributed by atoms with Crippen LogP contribution in [0, 0.1) is 0 Å². The normalized spacial score (nSPS) is 11.8. The van der Waals surface area contributed by atoms with Gasteiger partial charge < -0.3 is 9.47 Å². The molecule has 0 spiro atoms. The smallest absolute Gasteiger partial charge is 0.252 e. The predicted molar refractivity (Wildman–Crippen MR) is 119 cm³/mol. The Labute approximate surface area is 178 Å². The summed E-state index contributed by atoms with van der Waals surface area (Å²) in [7, 11) is 1.57. The molecule has 2 rings (SSSR count). The molecule has 0 radical (unpaired) electrons. The summed E-state index contributed by atoms with van der Waals surface area (Å²) in [6, 6.07) is 13.7. The van der Waals surface area contributed by atoms with Gasteiger partial charge in [-0.1, -0.05) is 43.0 Å². The lowest BCUT2D eigenvalue weighted by Crippen LogP contribution is -2.27. The molecule has 1 N–H and O–H groups in total. The van der Waals surface area contributed by atoms with Gasteiger partial charge in [-0.15, -0.1) is 11.8 Å². The van der Waals surface area contributed by atoms with Crippen LogP contribution < -0.4 is 14.9 Å². The summed E-state index contributed by atoms with van der Waals surface area (Å²) in [6.07, 6.45) is 3.23. The zero-order valence-corrected chi connectivity index (χ0v) is 18.3. The van der Waals surface area contributed by atoms with Crippen molar-refractivity contribution in [1.82, 2.24) is 5.43 Å². The Bertz CT molecular complexity index is 828. The van der Waals surface area contributed by atoms with Gasteiger partial charge in [-0.05, 0) is 46.1 Å². The highest BCUT2D eigenvalue weighted by atomic mass is 79.9. The molecule has 1 unspecified atom stereocenters. The van der Waals surface area contributed by atoms with E-state index in [4.69, 9.17) is 9.47 Å². The van der Waals surface area contributed by atoms with Crippen LogP contribution in [0.2, 0.25) is 0 Å². The van der Waals surface area contributed by atoms with Crippen molar-refractivity contribution in [1.29, 1.82) is 0 Å². The molecule has 0 bridgehead atoms. The number of halogens is 1. The number of nitrogens with one attached hydrogen (secondary N) is 1. The number of hydrogen-bond donors (Lipinski definition) is 1. The van der Waals surface area contributed by atoms with Crippen molar-refractivity contribution in [2.24, 2.45) is 5.10 Å². The summed E-state index contributed by atoms with van der Waals surface area (Å²) in [5.74, 6) is 1.79. The molecule has 5 nitrogen and oxygen atoms in total. The van der Waals surface area contributed by atoms with Crippen LogP contribution >= 0.6 is 27.7 Å². The molecule has 0 heterocycles. The van der Waals surface area contributed by atoms with Gasteiger partial charge >= 0.3 is 0 Å². The standard InChI is InChI=1S/C21H23BrN2O3S/c1-4-10-27-20-18(22)11-17(12-19(20)26-3)13-23-24-21(25)15(2)28-14-16-8-6-5-7-9-16/h4-9,11-13,15H,1,10,14H2,2-3H3,(H,24,25)/b23-13+. The molecule has 0 fully saturated rings. The number of hydrogen-bond acceptors (Lipinski definition) is 5. The lowest BCUT2D eigenvalue weighted by atomic mass is 10.2. The molecule has 28 heavy (non-hydrogen) atoms. The number of amides is 1. The second-order valence-corrected chi connectivity index (χ2v) is 7.99. The van der Waals surface area contributed by atoms with Crippen LogP contribution in [0.25, 0.3) is 0 Å². The van der Waals surface area contributed by atoms with Gasteiger partial charge in [0, 0.05) is 5.75 Å². The van der Waals surface area contributed by atoms with E-state index < -0.39 is 0 Å². The van der Waals surface area contributed by atoms with Crippen molar-refractivity contribution in [3.63, 3.8) is 0 Å². The molecule has 7 heteroatoms. The maximum absolute atomic E-state index is 12.2. The third kappa shape index (κ3) is 6.73. The van der Waals surface area contributed by atoms with E-state index in [-0.39, 0.29) is 11.2 Å². The van der Waals surface area contributed by atoms with E-state index in [0.29, 0.717) is 18.1 Å².